The molecule has 0 aliphatic carbocycles. The van der Waals surface area contributed by atoms with Crippen LogP contribution >= 0.6 is 11.3 Å². The first-order valence-electron chi connectivity index (χ1n) is 8.14. The highest BCUT2D eigenvalue weighted by Gasteiger charge is 2.16. The van der Waals surface area contributed by atoms with Gasteiger partial charge in [-0.2, -0.15) is 4.57 Å². The minimum atomic E-state index is 0. The minimum Gasteiger partial charge on any atom is -1.00 e. The lowest BCUT2D eigenvalue weighted by molar-refractivity contribution is -0.658. The predicted octanol–water partition coefficient (Wildman–Crippen LogP) is 1.73. The summed E-state index contributed by atoms with van der Waals surface area (Å²) in [4.78, 5) is 4.08. The molecule has 26 heavy (non-hydrogen) atoms. The van der Waals surface area contributed by atoms with E-state index in [-0.39, 0.29) is 17.0 Å². The molecular weight excluding hydrogens is 406 g/mol. The van der Waals surface area contributed by atoms with Crippen LogP contribution in [0.5, 0.6) is 0 Å². The highest BCUT2D eigenvalue weighted by molar-refractivity contribution is 7.18. The van der Waals surface area contributed by atoms with E-state index in [4.69, 9.17) is 0 Å². The van der Waals surface area contributed by atoms with Crippen molar-refractivity contribution in [2.45, 2.75) is 6.54 Å². The Kier molecular flexibility index (Phi) is 5.81. The number of nitrogens with zero attached hydrogens (tertiary/aromatic N) is 3. The first-order valence-corrected chi connectivity index (χ1v) is 8.95. The number of para-hydroxylation sites is 1. The summed E-state index contributed by atoms with van der Waals surface area (Å²) >= 11 is 1.80. The van der Waals surface area contributed by atoms with Gasteiger partial charge in [-0.25, -0.2) is 4.98 Å². The fourth-order valence-electron chi connectivity index (χ4n) is 2.83. The van der Waals surface area contributed by atoms with Crippen molar-refractivity contribution in [3.05, 3.63) is 90.5 Å². The third-order valence-electron chi connectivity index (χ3n) is 4.06. The van der Waals surface area contributed by atoms with E-state index in [2.05, 4.69) is 76.8 Å². The molecule has 0 aliphatic rings. The summed E-state index contributed by atoms with van der Waals surface area (Å²) in [6.45, 7) is 4.70. The Morgan fingerprint density at radius 3 is 2.62 bits per heavy atom. The number of fused-ring (bicyclic) bond motifs is 1. The second-order valence-electron chi connectivity index (χ2n) is 5.70. The zero-order valence-electron chi connectivity index (χ0n) is 14.1. The van der Waals surface area contributed by atoms with Crippen LogP contribution in [0.4, 0.5) is 0 Å². The molecule has 0 radical (unpaired) electrons. The van der Waals surface area contributed by atoms with Crippen molar-refractivity contribution in [2.75, 3.05) is 0 Å². The molecule has 2 aromatic heterocycles. The van der Waals surface area contributed by atoms with E-state index >= 15 is 0 Å². The zero-order chi connectivity index (χ0) is 17.1. The molecule has 5 heteroatoms. The number of halogens is 1. The van der Waals surface area contributed by atoms with Crippen LogP contribution in [-0.2, 0) is 6.54 Å². The third-order valence-corrected chi connectivity index (χ3v) is 5.19. The largest absolute Gasteiger partial charge is 1.00 e. The van der Waals surface area contributed by atoms with Crippen molar-refractivity contribution < 1.29 is 21.5 Å². The number of hydrogen-bond acceptors (Lipinski definition) is 2. The van der Waals surface area contributed by atoms with Crippen LogP contribution in [0.2, 0.25) is 0 Å². The maximum absolute atomic E-state index is 4.08. The van der Waals surface area contributed by atoms with E-state index in [9.17, 15) is 0 Å². The summed E-state index contributed by atoms with van der Waals surface area (Å²) < 4.78 is 5.58. The van der Waals surface area contributed by atoms with Crippen LogP contribution in [0.15, 0.2) is 79.9 Å². The fraction of sp³-hybridized carbons (Fsp3) is 0.0476. The van der Waals surface area contributed by atoms with Gasteiger partial charge in [-0.15, -0.1) is 0 Å². The lowest BCUT2D eigenvalue weighted by atomic mass is 10.2. The molecule has 0 saturated heterocycles. The van der Waals surface area contributed by atoms with Crippen molar-refractivity contribution in [3.63, 3.8) is 0 Å². The Labute approximate surface area is 167 Å². The summed E-state index contributed by atoms with van der Waals surface area (Å²) in [5.74, 6) is 0. The number of imidazole rings is 1. The van der Waals surface area contributed by atoms with E-state index in [1.807, 2.05) is 16.8 Å². The number of hydrogen-bond donors (Lipinski definition) is 0. The molecule has 130 valence electrons. The molecule has 4 rings (SSSR count). The zero-order valence-corrected chi connectivity index (χ0v) is 16.5. The monoisotopic (exact) mass is 423 g/mol. The van der Waals surface area contributed by atoms with Gasteiger partial charge in [-0.05, 0) is 35.9 Å². The molecule has 0 bridgehead atoms. The number of benzene rings is 2. The molecule has 0 N–H and O–H groups in total. The molecular formula is C21H18BrN3S. The van der Waals surface area contributed by atoms with Gasteiger partial charge in [0.05, 0.1) is 6.33 Å². The molecule has 0 atom stereocenters. The molecule has 0 unspecified atom stereocenters. The van der Waals surface area contributed by atoms with Crippen LogP contribution in [0, 0.1) is 0 Å². The average molecular weight is 424 g/mol. The van der Waals surface area contributed by atoms with Crippen molar-refractivity contribution in [1.82, 2.24) is 9.55 Å². The molecule has 0 aliphatic heterocycles. The molecule has 0 spiro atoms. The Morgan fingerprint density at radius 1 is 1.08 bits per heavy atom. The van der Waals surface area contributed by atoms with Gasteiger partial charge >= 0.3 is 0 Å². The summed E-state index contributed by atoms with van der Waals surface area (Å²) in [6.07, 6.45) is 11.8. The standard InChI is InChI=1S/C21H18N3S.BrH/c1-2-14-24-19-5-3-4-6-20(19)25-21(24)12-9-17-7-10-18(11-8-17)23-15-13-22-16-23;/h2-13,15-16H,1,14H2;1H/q+1;/p-1. The second kappa shape index (κ2) is 8.25. The predicted molar refractivity (Wildman–Crippen MR) is 105 cm³/mol. The maximum atomic E-state index is 4.08. The molecule has 2 aromatic carbocycles. The van der Waals surface area contributed by atoms with Crippen LogP contribution < -0.4 is 21.5 Å². The SMILES string of the molecule is C=CC[n+]1c(/C=C/c2ccc(-n3ccnc3)cc2)sc2ccccc21.[Br-]. The number of allylic oxidation sites excluding steroid dienone is 1. The van der Waals surface area contributed by atoms with Gasteiger partial charge in [-0.3, -0.25) is 0 Å². The topological polar surface area (TPSA) is 21.7 Å². The normalized spacial score (nSPS) is 10.9. The van der Waals surface area contributed by atoms with Gasteiger partial charge in [0.2, 0.25) is 5.52 Å². The summed E-state index contributed by atoms with van der Waals surface area (Å²) in [5.41, 5.74) is 3.53. The van der Waals surface area contributed by atoms with Gasteiger partial charge in [0.25, 0.3) is 5.01 Å². The Bertz CT molecular complexity index is 1030. The minimum absolute atomic E-state index is 0. The van der Waals surface area contributed by atoms with Gasteiger partial charge < -0.3 is 21.5 Å². The smallest absolute Gasteiger partial charge is 0.263 e. The third kappa shape index (κ3) is 3.69. The van der Waals surface area contributed by atoms with E-state index in [1.54, 1.807) is 23.9 Å². The average Bonchev–Trinajstić information content (AvgIpc) is 3.30. The van der Waals surface area contributed by atoms with Gasteiger partial charge in [0, 0.05) is 30.2 Å². The lowest BCUT2D eigenvalue weighted by Gasteiger charge is -2.01. The first kappa shape index (κ1) is 18.3. The van der Waals surface area contributed by atoms with Crippen molar-refractivity contribution >= 4 is 33.7 Å². The van der Waals surface area contributed by atoms with E-state index < -0.39 is 0 Å². The number of rotatable bonds is 5. The summed E-state index contributed by atoms with van der Waals surface area (Å²) in [7, 11) is 0. The molecule has 0 saturated carbocycles. The Balaban J connectivity index is 0.00000196. The van der Waals surface area contributed by atoms with Crippen molar-refractivity contribution in [2.24, 2.45) is 0 Å². The summed E-state index contributed by atoms with van der Waals surface area (Å²) in [6, 6.07) is 16.9. The van der Waals surface area contributed by atoms with Crippen LogP contribution in [0.25, 0.3) is 28.1 Å². The van der Waals surface area contributed by atoms with E-state index in [0.717, 1.165) is 12.2 Å². The molecule has 0 amide bonds. The van der Waals surface area contributed by atoms with Crippen molar-refractivity contribution in [3.8, 4) is 5.69 Å². The molecule has 4 aromatic rings. The van der Waals surface area contributed by atoms with Crippen LogP contribution in [0.1, 0.15) is 10.6 Å². The van der Waals surface area contributed by atoms with Gasteiger partial charge in [-0.1, -0.05) is 42.2 Å². The van der Waals surface area contributed by atoms with E-state index in [0.29, 0.717) is 0 Å². The maximum Gasteiger partial charge on any atom is 0.263 e. The second-order valence-corrected chi connectivity index (χ2v) is 6.76. The van der Waals surface area contributed by atoms with E-state index in [1.165, 1.54) is 20.8 Å². The van der Waals surface area contributed by atoms with Crippen LogP contribution in [0.3, 0.4) is 0 Å². The quantitative estimate of drug-likeness (QED) is 0.353. The lowest BCUT2D eigenvalue weighted by Crippen LogP contribution is -3.00. The Hall–Kier alpha value is -2.50. The van der Waals surface area contributed by atoms with Gasteiger partial charge in [0.15, 0.2) is 6.54 Å². The molecule has 3 nitrogen and oxygen atoms in total. The highest BCUT2D eigenvalue weighted by Crippen LogP contribution is 2.22. The fourth-order valence-corrected chi connectivity index (χ4v) is 3.91. The van der Waals surface area contributed by atoms with Gasteiger partial charge in [0.1, 0.15) is 4.70 Å². The number of aromatic nitrogens is 3. The first-order chi connectivity index (χ1) is 12.3. The number of thiazole rings is 1. The molecule has 0 fully saturated rings. The molecule has 2 heterocycles. The highest BCUT2D eigenvalue weighted by atomic mass is 79.9. The van der Waals surface area contributed by atoms with Crippen molar-refractivity contribution in [1.29, 1.82) is 0 Å². The summed E-state index contributed by atoms with van der Waals surface area (Å²) in [5, 5.41) is 1.22. The van der Waals surface area contributed by atoms with Crippen LogP contribution in [-0.4, -0.2) is 9.55 Å². The Morgan fingerprint density at radius 2 is 1.88 bits per heavy atom.